The van der Waals surface area contributed by atoms with E-state index in [4.69, 9.17) is 21.1 Å². The highest BCUT2D eigenvalue weighted by molar-refractivity contribution is 6.29. The third-order valence-electron chi connectivity index (χ3n) is 1.75. The predicted molar refractivity (Wildman–Crippen MR) is 56.0 cm³/mol. The van der Waals surface area contributed by atoms with E-state index in [0.717, 1.165) is 0 Å². The van der Waals surface area contributed by atoms with Gasteiger partial charge in [-0.15, -0.1) is 11.6 Å². The van der Waals surface area contributed by atoms with Crippen molar-refractivity contribution in [3.63, 3.8) is 0 Å². The summed E-state index contributed by atoms with van der Waals surface area (Å²) >= 11 is 5.88. The molecule has 0 saturated heterocycles. The molecule has 5 heteroatoms. The first-order valence-electron chi connectivity index (χ1n) is 4.49. The molecule has 4 nitrogen and oxygen atoms in total. The second-order valence-electron chi connectivity index (χ2n) is 2.75. The standard InChI is InChI=1S/C10H12ClNO3/c1-3-15-10(13)9(11)7-4-5-8(14-2)12-6-7/h4-6,9H,3H2,1-2H3. The number of hydrogen-bond donors (Lipinski definition) is 0. The molecule has 0 spiro atoms. The lowest BCUT2D eigenvalue weighted by atomic mass is 10.2. The maximum atomic E-state index is 11.3. The molecule has 82 valence electrons. The molecule has 1 heterocycles. The molecule has 0 bridgehead atoms. The van der Waals surface area contributed by atoms with E-state index in [1.165, 1.54) is 13.3 Å². The lowest BCUT2D eigenvalue weighted by Crippen LogP contribution is -2.11. The zero-order valence-electron chi connectivity index (χ0n) is 8.57. The Kier molecular flexibility index (Phi) is 4.37. The van der Waals surface area contributed by atoms with Crippen molar-refractivity contribution in [3.8, 4) is 5.88 Å². The fraction of sp³-hybridized carbons (Fsp3) is 0.400. The molecular formula is C10H12ClNO3. The number of carbonyl (C=O) groups is 1. The van der Waals surface area contributed by atoms with Crippen LogP contribution in [0.15, 0.2) is 18.3 Å². The van der Waals surface area contributed by atoms with Crippen molar-refractivity contribution in [1.82, 2.24) is 4.98 Å². The molecule has 1 aromatic heterocycles. The summed E-state index contributed by atoms with van der Waals surface area (Å²) in [5, 5.41) is -0.816. The van der Waals surface area contributed by atoms with Crippen molar-refractivity contribution >= 4 is 17.6 Å². The summed E-state index contributed by atoms with van der Waals surface area (Å²) in [5.74, 6) is 0.0117. The summed E-state index contributed by atoms with van der Waals surface area (Å²) in [7, 11) is 1.52. The average Bonchev–Trinajstić information content (AvgIpc) is 2.28. The maximum absolute atomic E-state index is 11.3. The molecule has 1 rings (SSSR count). The number of hydrogen-bond acceptors (Lipinski definition) is 4. The molecule has 0 fully saturated rings. The van der Waals surface area contributed by atoms with Gasteiger partial charge < -0.3 is 9.47 Å². The van der Waals surface area contributed by atoms with Crippen LogP contribution in [0.3, 0.4) is 0 Å². The van der Waals surface area contributed by atoms with Crippen LogP contribution in [0.2, 0.25) is 0 Å². The number of carbonyl (C=O) groups excluding carboxylic acids is 1. The molecule has 0 aliphatic heterocycles. The molecule has 0 aromatic carbocycles. The largest absolute Gasteiger partial charge is 0.481 e. The van der Waals surface area contributed by atoms with Crippen molar-refractivity contribution in [2.75, 3.05) is 13.7 Å². The van der Waals surface area contributed by atoms with Crippen LogP contribution >= 0.6 is 11.6 Å². The van der Waals surface area contributed by atoms with Crippen molar-refractivity contribution < 1.29 is 14.3 Å². The van der Waals surface area contributed by atoms with Gasteiger partial charge in [-0.05, 0) is 12.5 Å². The number of aromatic nitrogens is 1. The van der Waals surface area contributed by atoms with Gasteiger partial charge in [0.25, 0.3) is 0 Å². The van der Waals surface area contributed by atoms with Gasteiger partial charge in [0.2, 0.25) is 5.88 Å². The number of alkyl halides is 1. The Morgan fingerprint density at radius 2 is 2.33 bits per heavy atom. The van der Waals surface area contributed by atoms with Gasteiger partial charge in [0.05, 0.1) is 13.7 Å². The molecule has 0 N–H and O–H groups in total. The first kappa shape index (κ1) is 11.8. The van der Waals surface area contributed by atoms with Crippen LogP contribution < -0.4 is 4.74 Å². The van der Waals surface area contributed by atoms with Gasteiger partial charge in [-0.25, -0.2) is 4.98 Å². The van der Waals surface area contributed by atoms with Gasteiger partial charge in [0, 0.05) is 12.3 Å². The fourth-order valence-corrected chi connectivity index (χ4v) is 1.21. The summed E-state index contributed by atoms with van der Waals surface area (Å²) < 4.78 is 9.67. The summed E-state index contributed by atoms with van der Waals surface area (Å²) in [4.78, 5) is 15.2. The average molecular weight is 230 g/mol. The normalized spacial score (nSPS) is 11.9. The highest BCUT2D eigenvalue weighted by Crippen LogP contribution is 2.22. The van der Waals surface area contributed by atoms with Crippen LogP contribution in [0.5, 0.6) is 5.88 Å². The van der Waals surface area contributed by atoms with Crippen LogP contribution in [0, 0.1) is 0 Å². The first-order valence-corrected chi connectivity index (χ1v) is 4.93. The van der Waals surface area contributed by atoms with E-state index in [1.54, 1.807) is 19.1 Å². The Bertz CT molecular complexity index is 326. The molecule has 1 aromatic rings. The molecule has 0 radical (unpaired) electrons. The van der Waals surface area contributed by atoms with E-state index in [0.29, 0.717) is 18.1 Å². The van der Waals surface area contributed by atoms with E-state index >= 15 is 0 Å². The molecule has 15 heavy (non-hydrogen) atoms. The Morgan fingerprint density at radius 1 is 1.60 bits per heavy atom. The van der Waals surface area contributed by atoms with Crippen LogP contribution in [0.1, 0.15) is 17.9 Å². The number of nitrogens with zero attached hydrogens (tertiary/aromatic N) is 1. The quantitative estimate of drug-likeness (QED) is 0.585. The highest BCUT2D eigenvalue weighted by atomic mass is 35.5. The summed E-state index contributed by atoms with van der Waals surface area (Å²) in [6.07, 6.45) is 1.49. The topological polar surface area (TPSA) is 48.4 Å². The number of rotatable bonds is 4. The van der Waals surface area contributed by atoms with Gasteiger partial charge in [-0.1, -0.05) is 6.07 Å². The van der Waals surface area contributed by atoms with Gasteiger partial charge in [0.15, 0.2) is 5.38 Å². The minimum absolute atomic E-state index is 0.311. The Morgan fingerprint density at radius 3 is 2.80 bits per heavy atom. The third kappa shape index (κ3) is 3.09. The van der Waals surface area contributed by atoms with Crippen molar-refractivity contribution in [1.29, 1.82) is 0 Å². The van der Waals surface area contributed by atoms with Gasteiger partial charge in [-0.3, -0.25) is 4.79 Å². The Labute approximate surface area is 93.2 Å². The number of esters is 1. The second kappa shape index (κ2) is 5.56. The SMILES string of the molecule is CCOC(=O)C(Cl)c1ccc(OC)nc1. The number of halogens is 1. The smallest absolute Gasteiger partial charge is 0.328 e. The van der Waals surface area contributed by atoms with Gasteiger partial charge >= 0.3 is 5.97 Å². The van der Waals surface area contributed by atoms with E-state index in [1.807, 2.05) is 0 Å². The van der Waals surface area contributed by atoms with Crippen molar-refractivity contribution in [2.45, 2.75) is 12.3 Å². The minimum atomic E-state index is -0.816. The molecule has 1 unspecified atom stereocenters. The van der Waals surface area contributed by atoms with E-state index in [-0.39, 0.29) is 0 Å². The van der Waals surface area contributed by atoms with Crippen LogP contribution in [0.4, 0.5) is 0 Å². The van der Waals surface area contributed by atoms with Crippen molar-refractivity contribution in [2.24, 2.45) is 0 Å². The summed E-state index contributed by atoms with van der Waals surface area (Å²) in [5.41, 5.74) is 0.593. The molecule has 0 aliphatic carbocycles. The van der Waals surface area contributed by atoms with Gasteiger partial charge in [0.1, 0.15) is 0 Å². The van der Waals surface area contributed by atoms with E-state index < -0.39 is 11.3 Å². The Hall–Kier alpha value is -1.29. The van der Waals surface area contributed by atoms with Crippen LogP contribution in [0.25, 0.3) is 0 Å². The van der Waals surface area contributed by atoms with Crippen molar-refractivity contribution in [3.05, 3.63) is 23.9 Å². The molecule has 0 saturated carbocycles. The van der Waals surface area contributed by atoms with Gasteiger partial charge in [-0.2, -0.15) is 0 Å². The fourth-order valence-electron chi connectivity index (χ4n) is 1.01. The van der Waals surface area contributed by atoms with Crippen LogP contribution in [-0.4, -0.2) is 24.7 Å². The summed E-state index contributed by atoms with van der Waals surface area (Å²) in [6, 6.07) is 3.32. The number of ether oxygens (including phenoxy) is 2. The molecule has 1 atom stereocenters. The second-order valence-corrected chi connectivity index (χ2v) is 3.18. The number of methoxy groups -OCH3 is 1. The highest BCUT2D eigenvalue weighted by Gasteiger charge is 2.18. The number of pyridine rings is 1. The minimum Gasteiger partial charge on any atom is -0.481 e. The monoisotopic (exact) mass is 229 g/mol. The Balaban J connectivity index is 2.73. The lowest BCUT2D eigenvalue weighted by Gasteiger charge is -2.08. The molecular weight excluding hydrogens is 218 g/mol. The van der Waals surface area contributed by atoms with Crippen LogP contribution in [-0.2, 0) is 9.53 Å². The molecule has 0 aliphatic rings. The van der Waals surface area contributed by atoms with E-state index in [2.05, 4.69) is 4.98 Å². The van der Waals surface area contributed by atoms with E-state index in [9.17, 15) is 4.79 Å². The predicted octanol–water partition coefficient (Wildman–Crippen LogP) is 1.93. The zero-order valence-corrected chi connectivity index (χ0v) is 9.32. The molecule has 0 amide bonds. The third-order valence-corrected chi connectivity index (χ3v) is 2.18. The maximum Gasteiger partial charge on any atom is 0.328 e. The summed E-state index contributed by atoms with van der Waals surface area (Å²) in [6.45, 7) is 2.04. The lowest BCUT2D eigenvalue weighted by molar-refractivity contribution is -0.142. The first-order chi connectivity index (χ1) is 7.19. The zero-order chi connectivity index (χ0) is 11.3.